The van der Waals surface area contributed by atoms with E-state index in [0.717, 1.165) is 0 Å². The van der Waals surface area contributed by atoms with Crippen LogP contribution in [0.3, 0.4) is 0 Å². The summed E-state index contributed by atoms with van der Waals surface area (Å²) in [5.41, 5.74) is 0.578. The molecule has 0 aromatic heterocycles. The van der Waals surface area contributed by atoms with Crippen LogP contribution in [-0.2, 0) is 4.79 Å². The summed E-state index contributed by atoms with van der Waals surface area (Å²) in [6.07, 6.45) is -0.818. The van der Waals surface area contributed by atoms with Crippen LogP contribution >= 0.6 is 15.9 Å². The number of carbonyl (C=O) groups is 1. The second kappa shape index (κ2) is 6.61. The van der Waals surface area contributed by atoms with Crippen LogP contribution in [0.4, 0.5) is 0 Å². The van der Waals surface area contributed by atoms with Crippen LogP contribution in [0.5, 0.6) is 11.5 Å². The number of carboxylic acid groups (broad SMARTS) is 1. The lowest BCUT2D eigenvalue weighted by atomic mass is 10.0. The highest BCUT2D eigenvalue weighted by molar-refractivity contribution is 9.10. The van der Waals surface area contributed by atoms with E-state index >= 15 is 0 Å². The lowest BCUT2D eigenvalue weighted by molar-refractivity contribution is -0.137. The van der Waals surface area contributed by atoms with E-state index in [0.29, 0.717) is 21.5 Å². The molecule has 0 fully saturated rings. The topological polar surface area (TPSA) is 76.0 Å². The number of aliphatic hydroxyl groups excluding tert-OH is 1. The first-order chi connectivity index (χ1) is 8.49. The molecule has 0 bridgehead atoms. The fourth-order valence-electron chi connectivity index (χ4n) is 1.54. The highest BCUT2D eigenvalue weighted by Gasteiger charge is 2.17. The zero-order chi connectivity index (χ0) is 13.7. The minimum atomic E-state index is -0.939. The van der Waals surface area contributed by atoms with Gasteiger partial charge in [0.25, 0.3) is 0 Å². The number of hydrogen-bond acceptors (Lipinski definition) is 4. The zero-order valence-corrected chi connectivity index (χ0v) is 11.7. The van der Waals surface area contributed by atoms with E-state index in [1.165, 1.54) is 14.2 Å². The van der Waals surface area contributed by atoms with Gasteiger partial charge in [-0.05, 0) is 24.1 Å². The average Bonchev–Trinajstić information content (AvgIpc) is 2.35. The smallest absolute Gasteiger partial charge is 0.303 e. The number of carboxylic acids is 1. The summed E-state index contributed by atoms with van der Waals surface area (Å²) >= 11 is 3.32. The first-order valence-corrected chi connectivity index (χ1v) is 6.10. The number of ether oxygens (including phenoxy) is 2. The molecule has 1 atom stereocenters. The average molecular weight is 319 g/mol. The van der Waals surface area contributed by atoms with Crippen molar-refractivity contribution in [2.75, 3.05) is 14.2 Å². The molecule has 0 spiro atoms. The molecule has 0 heterocycles. The van der Waals surface area contributed by atoms with Crippen LogP contribution in [0.25, 0.3) is 0 Å². The van der Waals surface area contributed by atoms with Crippen LogP contribution in [0.15, 0.2) is 16.6 Å². The van der Waals surface area contributed by atoms with E-state index in [-0.39, 0.29) is 12.8 Å². The summed E-state index contributed by atoms with van der Waals surface area (Å²) in [4.78, 5) is 10.5. The van der Waals surface area contributed by atoms with Crippen LogP contribution < -0.4 is 9.47 Å². The van der Waals surface area contributed by atoms with Crippen molar-refractivity contribution >= 4 is 21.9 Å². The van der Waals surface area contributed by atoms with Crippen LogP contribution in [0, 0.1) is 0 Å². The Morgan fingerprint density at radius 3 is 2.39 bits per heavy atom. The van der Waals surface area contributed by atoms with E-state index in [9.17, 15) is 9.90 Å². The number of aliphatic carboxylic acids is 1. The maximum absolute atomic E-state index is 10.5. The molecule has 6 heteroatoms. The highest BCUT2D eigenvalue weighted by Crippen LogP contribution is 2.37. The predicted octanol–water partition coefficient (Wildman–Crippen LogP) is 2.36. The molecule has 1 aromatic carbocycles. The fourth-order valence-corrected chi connectivity index (χ4v) is 2.13. The van der Waals surface area contributed by atoms with Gasteiger partial charge in [-0.25, -0.2) is 0 Å². The van der Waals surface area contributed by atoms with Gasteiger partial charge in [-0.3, -0.25) is 4.79 Å². The van der Waals surface area contributed by atoms with Crippen molar-refractivity contribution in [2.24, 2.45) is 0 Å². The molecule has 0 saturated heterocycles. The van der Waals surface area contributed by atoms with Crippen LogP contribution in [0.2, 0.25) is 0 Å². The zero-order valence-electron chi connectivity index (χ0n) is 10.1. The molecular weight excluding hydrogens is 304 g/mol. The van der Waals surface area contributed by atoms with Gasteiger partial charge in [0.05, 0.1) is 20.3 Å². The van der Waals surface area contributed by atoms with Crippen molar-refractivity contribution in [3.05, 3.63) is 22.2 Å². The van der Waals surface area contributed by atoms with Gasteiger partial charge < -0.3 is 19.7 Å². The monoisotopic (exact) mass is 318 g/mol. The molecule has 2 N–H and O–H groups in total. The molecule has 1 aromatic rings. The van der Waals surface area contributed by atoms with Crippen molar-refractivity contribution in [1.82, 2.24) is 0 Å². The number of benzene rings is 1. The molecule has 0 aliphatic rings. The Balaban J connectivity index is 2.97. The summed E-state index contributed by atoms with van der Waals surface area (Å²) in [6, 6.07) is 3.31. The van der Waals surface area contributed by atoms with Crippen molar-refractivity contribution in [1.29, 1.82) is 0 Å². The Kier molecular flexibility index (Phi) is 5.43. The van der Waals surface area contributed by atoms with Gasteiger partial charge in [0.1, 0.15) is 0 Å². The second-order valence-electron chi connectivity index (χ2n) is 3.68. The van der Waals surface area contributed by atoms with Crippen molar-refractivity contribution in [2.45, 2.75) is 18.9 Å². The second-order valence-corrected chi connectivity index (χ2v) is 4.53. The standard InChI is InChI=1S/C12H15BrO5/c1-17-10-5-7(8(13)6-11(10)18-2)9(14)3-4-12(15)16/h5-6,9,14H,3-4H2,1-2H3,(H,15,16). The van der Waals surface area contributed by atoms with E-state index in [1.807, 2.05) is 0 Å². The Morgan fingerprint density at radius 2 is 1.89 bits per heavy atom. The summed E-state index contributed by atoms with van der Waals surface area (Å²) in [6.45, 7) is 0. The molecular formula is C12H15BrO5. The Labute approximate surface area is 113 Å². The third kappa shape index (κ3) is 3.61. The predicted molar refractivity (Wildman–Crippen MR) is 69.1 cm³/mol. The first kappa shape index (κ1) is 14.8. The molecule has 5 nitrogen and oxygen atoms in total. The van der Waals surface area contributed by atoms with Crippen molar-refractivity contribution in [3.63, 3.8) is 0 Å². The Hall–Kier alpha value is -1.27. The molecule has 0 aliphatic heterocycles. The largest absolute Gasteiger partial charge is 0.493 e. The first-order valence-electron chi connectivity index (χ1n) is 5.30. The summed E-state index contributed by atoms with van der Waals surface area (Å²) < 4.78 is 10.9. The third-order valence-electron chi connectivity index (χ3n) is 2.49. The van der Waals surface area contributed by atoms with Gasteiger partial charge in [-0.1, -0.05) is 15.9 Å². The van der Waals surface area contributed by atoms with Gasteiger partial charge >= 0.3 is 5.97 Å². The van der Waals surface area contributed by atoms with Crippen molar-refractivity contribution in [3.8, 4) is 11.5 Å². The van der Waals surface area contributed by atoms with Crippen molar-refractivity contribution < 1.29 is 24.5 Å². The number of halogens is 1. The minimum Gasteiger partial charge on any atom is -0.493 e. The maximum atomic E-state index is 10.5. The Morgan fingerprint density at radius 1 is 1.33 bits per heavy atom. The number of aliphatic hydroxyl groups is 1. The van der Waals surface area contributed by atoms with Gasteiger partial charge in [-0.2, -0.15) is 0 Å². The lowest BCUT2D eigenvalue weighted by Gasteiger charge is -2.15. The van der Waals surface area contributed by atoms with Gasteiger partial charge in [-0.15, -0.1) is 0 Å². The lowest BCUT2D eigenvalue weighted by Crippen LogP contribution is -2.04. The summed E-state index contributed by atoms with van der Waals surface area (Å²) in [7, 11) is 3.02. The maximum Gasteiger partial charge on any atom is 0.303 e. The quantitative estimate of drug-likeness (QED) is 0.842. The molecule has 1 unspecified atom stereocenters. The fraction of sp³-hybridized carbons (Fsp3) is 0.417. The third-order valence-corrected chi connectivity index (χ3v) is 3.18. The van der Waals surface area contributed by atoms with E-state index in [4.69, 9.17) is 14.6 Å². The normalized spacial score (nSPS) is 12.0. The van der Waals surface area contributed by atoms with Gasteiger partial charge in [0, 0.05) is 10.9 Å². The molecule has 18 heavy (non-hydrogen) atoms. The Bertz CT molecular complexity index is 433. The van der Waals surface area contributed by atoms with E-state index < -0.39 is 12.1 Å². The SMILES string of the molecule is COc1cc(Br)c(C(O)CCC(=O)O)cc1OC. The van der Waals surface area contributed by atoms with E-state index in [2.05, 4.69) is 15.9 Å². The minimum absolute atomic E-state index is 0.0953. The van der Waals surface area contributed by atoms with Gasteiger partial charge in [0.15, 0.2) is 11.5 Å². The molecule has 100 valence electrons. The number of methoxy groups -OCH3 is 2. The molecule has 0 saturated carbocycles. The van der Waals surface area contributed by atoms with Crippen LogP contribution in [-0.4, -0.2) is 30.4 Å². The van der Waals surface area contributed by atoms with Crippen LogP contribution in [0.1, 0.15) is 24.5 Å². The number of rotatable bonds is 6. The molecule has 1 rings (SSSR count). The molecule has 0 radical (unpaired) electrons. The summed E-state index contributed by atoms with van der Waals surface area (Å²) in [5, 5.41) is 18.5. The van der Waals surface area contributed by atoms with E-state index in [1.54, 1.807) is 12.1 Å². The number of hydrogen-bond donors (Lipinski definition) is 2. The molecule has 0 amide bonds. The molecule has 0 aliphatic carbocycles. The summed E-state index contributed by atoms with van der Waals surface area (Å²) in [5.74, 6) is 0.0919. The highest BCUT2D eigenvalue weighted by atomic mass is 79.9. The van der Waals surface area contributed by atoms with Gasteiger partial charge in [0.2, 0.25) is 0 Å².